The van der Waals surface area contributed by atoms with E-state index in [9.17, 15) is 4.79 Å². The van der Waals surface area contributed by atoms with Crippen LogP contribution >= 0.6 is 11.8 Å². The second-order valence-electron chi connectivity index (χ2n) is 7.71. The van der Waals surface area contributed by atoms with Crippen LogP contribution in [-0.2, 0) is 4.79 Å². The van der Waals surface area contributed by atoms with Gasteiger partial charge in [-0.3, -0.25) is 4.79 Å². The number of thioether (sulfide) groups is 1. The SMILES string of the molecule is O=C([C@@H](Sc1nnc(-c2ccccc2)c2ccccc12)c1ccccc1)N1CCCC1. The summed E-state index contributed by atoms with van der Waals surface area (Å²) in [4.78, 5) is 15.4. The highest BCUT2D eigenvalue weighted by Crippen LogP contribution is 2.40. The lowest BCUT2D eigenvalue weighted by atomic mass is 10.1. The standard InChI is InChI=1S/C26H23N3OS/c30-26(29-17-9-10-18-29)24(20-13-5-2-6-14-20)31-25-22-16-8-7-15-21(22)23(27-28-25)19-11-3-1-4-12-19/h1-8,11-16,24H,9-10,17-18H2/t24-/m0/s1. The number of benzene rings is 3. The molecule has 5 heteroatoms. The van der Waals surface area contributed by atoms with Crippen LogP contribution in [0.4, 0.5) is 0 Å². The second kappa shape index (κ2) is 8.90. The Bertz CT molecular complexity index is 1190. The third kappa shape index (κ3) is 4.06. The normalized spacial score (nSPS) is 14.6. The Hall–Kier alpha value is -3.18. The number of amides is 1. The van der Waals surface area contributed by atoms with Crippen LogP contribution in [0.3, 0.4) is 0 Å². The average molecular weight is 426 g/mol. The largest absolute Gasteiger partial charge is 0.341 e. The van der Waals surface area contributed by atoms with E-state index in [0.717, 1.165) is 58.6 Å². The molecule has 1 aromatic heterocycles. The Morgan fingerprint density at radius 1 is 0.774 bits per heavy atom. The molecule has 0 bridgehead atoms. The fraction of sp³-hybridized carbons (Fsp3) is 0.192. The fourth-order valence-electron chi connectivity index (χ4n) is 4.08. The summed E-state index contributed by atoms with van der Waals surface area (Å²) < 4.78 is 0. The van der Waals surface area contributed by atoms with Crippen LogP contribution in [0.15, 0.2) is 90.0 Å². The molecule has 0 unspecified atom stereocenters. The van der Waals surface area contributed by atoms with Gasteiger partial charge in [-0.1, -0.05) is 96.7 Å². The summed E-state index contributed by atoms with van der Waals surface area (Å²) in [5.41, 5.74) is 2.90. The van der Waals surface area contributed by atoms with Crippen molar-refractivity contribution >= 4 is 28.4 Å². The lowest BCUT2D eigenvalue weighted by Gasteiger charge is -2.23. The molecule has 0 saturated carbocycles. The van der Waals surface area contributed by atoms with Crippen molar-refractivity contribution in [1.82, 2.24) is 15.1 Å². The van der Waals surface area contributed by atoms with Crippen LogP contribution in [0.1, 0.15) is 23.7 Å². The number of rotatable bonds is 5. The minimum Gasteiger partial charge on any atom is -0.341 e. The van der Waals surface area contributed by atoms with E-state index in [4.69, 9.17) is 0 Å². The number of carbonyl (C=O) groups is 1. The molecule has 3 aromatic carbocycles. The highest BCUT2D eigenvalue weighted by Gasteiger charge is 2.30. The number of hydrogen-bond donors (Lipinski definition) is 0. The molecule has 1 fully saturated rings. The van der Waals surface area contributed by atoms with Gasteiger partial charge in [0.1, 0.15) is 16.0 Å². The van der Waals surface area contributed by atoms with Crippen molar-refractivity contribution in [3.05, 3.63) is 90.5 Å². The summed E-state index contributed by atoms with van der Waals surface area (Å²) in [7, 11) is 0. The maximum atomic E-state index is 13.4. The summed E-state index contributed by atoms with van der Waals surface area (Å²) >= 11 is 1.51. The molecule has 1 aliphatic heterocycles. The van der Waals surface area contributed by atoms with Crippen LogP contribution in [0.2, 0.25) is 0 Å². The van der Waals surface area contributed by atoms with Crippen molar-refractivity contribution in [1.29, 1.82) is 0 Å². The van der Waals surface area contributed by atoms with Gasteiger partial charge in [-0.2, -0.15) is 0 Å². The van der Waals surface area contributed by atoms with Gasteiger partial charge in [0.2, 0.25) is 5.91 Å². The van der Waals surface area contributed by atoms with Crippen LogP contribution in [-0.4, -0.2) is 34.1 Å². The van der Waals surface area contributed by atoms with E-state index in [1.165, 1.54) is 11.8 Å². The summed E-state index contributed by atoms with van der Waals surface area (Å²) in [6.07, 6.45) is 2.15. The Kier molecular flexibility index (Phi) is 5.67. The zero-order valence-corrected chi connectivity index (χ0v) is 18.0. The number of carbonyl (C=O) groups excluding carboxylic acids is 1. The van der Waals surface area contributed by atoms with Gasteiger partial charge < -0.3 is 4.90 Å². The first-order valence-corrected chi connectivity index (χ1v) is 11.5. The van der Waals surface area contributed by atoms with Crippen LogP contribution in [0.5, 0.6) is 0 Å². The average Bonchev–Trinajstić information content (AvgIpc) is 3.38. The van der Waals surface area contributed by atoms with Crippen LogP contribution in [0, 0.1) is 0 Å². The van der Waals surface area contributed by atoms with Crippen molar-refractivity contribution in [3.63, 3.8) is 0 Å². The van der Waals surface area contributed by atoms with Crippen LogP contribution in [0.25, 0.3) is 22.0 Å². The maximum Gasteiger partial charge on any atom is 0.240 e. The molecule has 2 heterocycles. The van der Waals surface area contributed by atoms with E-state index < -0.39 is 0 Å². The molecule has 5 rings (SSSR count). The van der Waals surface area contributed by atoms with E-state index in [2.05, 4.69) is 22.3 Å². The van der Waals surface area contributed by atoms with Crippen molar-refractivity contribution in [2.75, 3.05) is 13.1 Å². The number of nitrogens with zero attached hydrogens (tertiary/aromatic N) is 3. The zero-order valence-electron chi connectivity index (χ0n) is 17.1. The first-order valence-electron chi connectivity index (χ1n) is 10.6. The Balaban J connectivity index is 1.57. The van der Waals surface area contributed by atoms with Gasteiger partial charge in [0.25, 0.3) is 0 Å². The highest BCUT2D eigenvalue weighted by atomic mass is 32.2. The van der Waals surface area contributed by atoms with Crippen molar-refractivity contribution < 1.29 is 4.79 Å². The minimum atomic E-state index is -0.334. The van der Waals surface area contributed by atoms with Gasteiger partial charge in [0, 0.05) is 29.4 Å². The third-order valence-corrected chi connectivity index (χ3v) is 6.91. The molecule has 0 aliphatic carbocycles. The molecule has 1 aliphatic rings. The van der Waals surface area contributed by atoms with Gasteiger partial charge in [-0.05, 0) is 18.4 Å². The van der Waals surface area contributed by atoms with E-state index in [1.54, 1.807) is 0 Å². The molecular weight excluding hydrogens is 402 g/mol. The first kappa shape index (κ1) is 19.8. The first-order chi connectivity index (χ1) is 15.3. The van der Waals surface area contributed by atoms with Crippen LogP contribution < -0.4 is 0 Å². The predicted molar refractivity (Wildman–Crippen MR) is 126 cm³/mol. The molecule has 1 amide bonds. The molecule has 154 valence electrons. The Morgan fingerprint density at radius 2 is 1.39 bits per heavy atom. The van der Waals surface area contributed by atoms with Crippen molar-refractivity contribution in [2.45, 2.75) is 23.1 Å². The Labute approximate surface area is 186 Å². The quantitative estimate of drug-likeness (QED) is 0.382. The van der Waals surface area contributed by atoms with E-state index in [-0.39, 0.29) is 11.2 Å². The van der Waals surface area contributed by atoms with Gasteiger partial charge in [-0.25, -0.2) is 0 Å². The molecule has 0 spiro atoms. The smallest absolute Gasteiger partial charge is 0.240 e. The van der Waals surface area contributed by atoms with E-state index >= 15 is 0 Å². The van der Waals surface area contributed by atoms with E-state index in [0.29, 0.717) is 0 Å². The molecule has 31 heavy (non-hydrogen) atoms. The number of hydrogen-bond acceptors (Lipinski definition) is 4. The minimum absolute atomic E-state index is 0.159. The molecule has 4 nitrogen and oxygen atoms in total. The van der Waals surface area contributed by atoms with Gasteiger partial charge in [0.15, 0.2) is 0 Å². The Morgan fingerprint density at radius 3 is 2.10 bits per heavy atom. The van der Waals surface area contributed by atoms with Gasteiger partial charge in [-0.15, -0.1) is 10.2 Å². The number of likely N-dealkylation sites (tertiary alicyclic amines) is 1. The second-order valence-corrected chi connectivity index (χ2v) is 8.80. The maximum absolute atomic E-state index is 13.4. The molecule has 1 saturated heterocycles. The van der Waals surface area contributed by atoms with Crippen molar-refractivity contribution in [2.24, 2.45) is 0 Å². The number of aromatic nitrogens is 2. The fourth-order valence-corrected chi connectivity index (χ4v) is 5.24. The predicted octanol–water partition coefficient (Wildman–Crippen LogP) is 5.75. The molecule has 0 radical (unpaired) electrons. The summed E-state index contributed by atoms with van der Waals surface area (Å²) in [6, 6.07) is 28.3. The molecule has 1 atom stereocenters. The molecule has 0 N–H and O–H groups in total. The lowest BCUT2D eigenvalue weighted by Crippen LogP contribution is -2.31. The highest BCUT2D eigenvalue weighted by molar-refractivity contribution is 8.00. The van der Waals surface area contributed by atoms with Gasteiger partial charge in [0.05, 0.1) is 0 Å². The van der Waals surface area contributed by atoms with E-state index in [1.807, 2.05) is 77.7 Å². The molecular formula is C26H23N3OS. The number of fused-ring (bicyclic) bond motifs is 1. The van der Waals surface area contributed by atoms with Crippen molar-refractivity contribution in [3.8, 4) is 11.3 Å². The third-order valence-electron chi connectivity index (χ3n) is 5.67. The van der Waals surface area contributed by atoms with Gasteiger partial charge >= 0.3 is 0 Å². The summed E-state index contributed by atoms with van der Waals surface area (Å²) in [6.45, 7) is 1.67. The zero-order chi connectivity index (χ0) is 21.0. The summed E-state index contributed by atoms with van der Waals surface area (Å²) in [5, 5.41) is 11.7. The topological polar surface area (TPSA) is 46.1 Å². The monoisotopic (exact) mass is 425 g/mol. The summed E-state index contributed by atoms with van der Waals surface area (Å²) in [5.74, 6) is 0.159. The molecule has 4 aromatic rings. The lowest BCUT2D eigenvalue weighted by molar-refractivity contribution is -0.129.